The normalized spacial score (nSPS) is 16.8. The lowest BCUT2D eigenvalue weighted by Crippen LogP contribution is -2.06. The Bertz CT molecular complexity index is 329. The Morgan fingerprint density at radius 3 is 3.00 bits per heavy atom. The predicted molar refractivity (Wildman–Crippen MR) is 50.8 cm³/mol. The fourth-order valence-corrected chi connectivity index (χ4v) is 1.91. The van der Waals surface area contributed by atoms with Crippen molar-refractivity contribution < 1.29 is 4.79 Å². The Labute approximate surface area is 80.6 Å². The molecule has 0 saturated heterocycles. The molecule has 1 aliphatic rings. The van der Waals surface area contributed by atoms with Crippen molar-refractivity contribution in [2.75, 3.05) is 0 Å². The lowest BCUT2D eigenvalue weighted by molar-refractivity contribution is 0.102. The molecule has 0 spiro atoms. The van der Waals surface area contributed by atoms with E-state index in [1.165, 1.54) is 18.0 Å². The average Bonchev–Trinajstić information content (AvgIpc) is 2.71. The van der Waals surface area contributed by atoms with Crippen LogP contribution in [-0.2, 0) is 0 Å². The molecule has 4 heteroatoms. The number of rotatable bonds is 2. The lowest BCUT2D eigenvalue weighted by Gasteiger charge is -2.09. The number of ketones is 1. The fraction of sp³-hybridized carbons (Fsp3) is 0.444. The van der Waals surface area contributed by atoms with E-state index in [2.05, 4.69) is 9.59 Å². The van der Waals surface area contributed by atoms with Crippen molar-refractivity contribution in [1.29, 1.82) is 0 Å². The lowest BCUT2D eigenvalue weighted by atomic mass is 9.95. The topological polar surface area (TPSA) is 42.9 Å². The molecule has 0 amide bonds. The highest BCUT2D eigenvalue weighted by molar-refractivity contribution is 7.03. The quantitative estimate of drug-likeness (QED) is 0.678. The van der Waals surface area contributed by atoms with Crippen molar-refractivity contribution in [3.05, 3.63) is 22.7 Å². The number of aromatic nitrogens is 2. The summed E-state index contributed by atoms with van der Waals surface area (Å²) in [6, 6.07) is 0. The zero-order valence-electron chi connectivity index (χ0n) is 7.19. The minimum absolute atomic E-state index is 0.0634. The van der Waals surface area contributed by atoms with Crippen molar-refractivity contribution in [3.8, 4) is 0 Å². The summed E-state index contributed by atoms with van der Waals surface area (Å²) in [6.07, 6.45) is 6.28. The van der Waals surface area contributed by atoms with E-state index in [-0.39, 0.29) is 5.78 Å². The van der Waals surface area contributed by atoms with Gasteiger partial charge in [-0.1, -0.05) is 10.6 Å². The van der Waals surface area contributed by atoms with E-state index in [0.29, 0.717) is 5.69 Å². The van der Waals surface area contributed by atoms with Gasteiger partial charge in [-0.3, -0.25) is 4.79 Å². The van der Waals surface area contributed by atoms with Crippen LogP contribution in [0.25, 0.3) is 0 Å². The van der Waals surface area contributed by atoms with Crippen LogP contribution >= 0.6 is 11.5 Å². The summed E-state index contributed by atoms with van der Waals surface area (Å²) in [6.45, 7) is 0. The third-order valence-corrected chi connectivity index (χ3v) is 2.68. The molecule has 1 heterocycles. The number of carbonyl (C=O) groups excluding carboxylic acids is 1. The molecular weight excluding hydrogens is 184 g/mol. The van der Waals surface area contributed by atoms with Gasteiger partial charge in [0.15, 0.2) is 0 Å². The Hall–Kier alpha value is -1.03. The second kappa shape index (κ2) is 3.79. The standard InChI is InChI=1S/C9H10N2OS/c12-9(8-6-13-11-10-8)7-4-2-1-3-5-7/h4,6H,1-3,5H2. The van der Waals surface area contributed by atoms with E-state index < -0.39 is 0 Å². The second-order valence-corrected chi connectivity index (χ2v) is 3.70. The summed E-state index contributed by atoms with van der Waals surface area (Å²) in [5.41, 5.74) is 1.41. The molecule has 0 aliphatic heterocycles. The maximum atomic E-state index is 11.7. The second-order valence-electron chi connectivity index (χ2n) is 3.09. The molecule has 0 atom stereocenters. The van der Waals surface area contributed by atoms with Crippen LogP contribution < -0.4 is 0 Å². The van der Waals surface area contributed by atoms with Crippen LogP contribution in [-0.4, -0.2) is 15.4 Å². The zero-order chi connectivity index (χ0) is 9.10. The van der Waals surface area contributed by atoms with Crippen molar-refractivity contribution in [1.82, 2.24) is 9.59 Å². The minimum Gasteiger partial charge on any atom is -0.287 e. The molecule has 0 radical (unpaired) electrons. The SMILES string of the molecule is O=C(C1=CCCCC1)c1csnn1. The van der Waals surface area contributed by atoms with Crippen LogP contribution in [0.4, 0.5) is 0 Å². The molecular formula is C9H10N2OS. The average molecular weight is 194 g/mol. The van der Waals surface area contributed by atoms with E-state index in [0.717, 1.165) is 24.8 Å². The van der Waals surface area contributed by atoms with Gasteiger partial charge in [-0.25, -0.2) is 0 Å². The van der Waals surface area contributed by atoms with Gasteiger partial charge in [0.05, 0.1) is 0 Å². The molecule has 0 fully saturated rings. The van der Waals surface area contributed by atoms with Crippen LogP contribution in [0.1, 0.15) is 36.2 Å². The van der Waals surface area contributed by atoms with Gasteiger partial charge in [0, 0.05) is 5.38 Å². The number of allylic oxidation sites excluding steroid dienone is 2. The first-order chi connectivity index (χ1) is 6.38. The molecule has 2 rings (SSSR count). The summed E-state index contributed by atoms with van der Waals surface area (Å²) >= 11 is 1.22. The van der Waals surface area contributed by atoms with E-state index in [9.17, 15) is 4.79 Å². The Morgan fingerprint density at radius 1 is 1.46 bits per heavy atom. The maximum absolute atomic E-state index is 11.7. The summed E-state index contributed by atoms with van der Waals surface area (Å²) in [7, 11) is 0. The molecule has 0 aromatic carbocycles. The molecule has 0 N–H and O–H groups in total. The molecule has 0 bridgehead atoms. The highest BCUT2D eigenvalue weighted by atomic mass is 32.1. The number of Topliss-reactive ketones (excluding diaryl/α,β-unsaturated/α-hetero) is 1. The summed E-state index contributed by atoms with van der Waals surface area (Å²) in [5, 5.41) is 5.48. The predicted octanol–water partition coefficient (Wildman–Crippen LogP) is 2.22. The van der Waals surface area contributed by atoms with Crippen LogP contribution in [0.3, 0.4) is 0 Å². The highest BCUT2D eigenvalue weighted by Gasteiger charge is 2.16. The third-order valence-electron chi connectivity index (χ3n) is 2.18. The van der Waals surface area contributed by atoms with Crippen molar-refractivity contribution in [3.63, 3.8) is 0 Å². The Kier molecular flexibility index (Phi) is 2.49. The number of nitrogens with zero attached hydrogens (tertiary/aromatic N) is 2. The van der Waals surface area contributed by atoms with Crippen molar-refractivity contribution >= 4 is 17.3 Å². The largest absolute Gasteiger partial charge is 0.287 e. The summed E-state index contributed by atoms with van der Waals surface area (Å²) in [4.78, 5) is 11.7. The van der Waals surface area contributed by atoms with Gasteiger partial charge in [0.25, 0.3) is 0 Å². The molecule has 13 heavy (non-hydrogen) atoms. The van der Waals surface area contributed by atoms with Gasteiger partial charge in [-0.05, 0) is 42.8 Å². The van der Waals surface area contributed by atoms with Gasteiger partial charge in [0.2, 0.25) is 5.78 Å². The first-order valence-electron chi connectivity index (χ1n) is 4.39. The molecule has 1 aliphatic carbocycles. The highest BCUT2D eigenvalue weighted by Crippen LogP contribution is 2.20. The third kappa shape index (κ3) is 1.83. The Balaban J connectivity index is 2.17. The smallest absolute Gasteiger partial charge is 0.209 e. The zero-order valence-corrected chi connectivity index (χ0v) is 8.01. The molecule has 0 unspecified atom stereocenters. The monoisotopic (exact) mass is 194 g/mol. The Morgan fingerprint density at radius 2 is 2.38 bits per heavy atom. The van der Waals surface area contributed by atoms with Crippen LogP contribution in [0, 0.1) is 0 Å². The van der Waals surface area contributed by atoms with Crippen LogP contribution in [0.5, 0.6) is 0 Å². The van der Waals surface area contributed by atoms with Crippen molar-refractivity contribution in [2.24, 2.45) is 0 Å². The van der Waals surface area contributed by atoms with Gasteiger partial charge in [0.1, 0.15) is 5.69 Å². The van der Waals surface area contributed by atoms with Crippen molar-refractivity contribution in [2.45, 2.75) is 25.7 Å². The summed E-state index contributed by atoms with van der Waals surface area (Å²) < 4.78 is 3.68. The molecule has 0 saturated carbocycles. The fourth-order valence-electron chi connectivity index (χ4n) is 1.47. The number of carbonyl (C=O) groups is 1. The van der Waals surface area contributed by atoms with E-state index in [4.69, 9.17) is 0 Å². The first-order valence-corrected chi connectivity index (χ1v) is 5.22. The minimum atomic E-state index is 0.0634. The molecule has 1 aromatic heterocycles. The van der Waals surface area contributed by atoms with Crippen LogP contribution in [0.15, 0.2) is 17.0 Å². The van der Waals surface area contributed by atoms with Gasteiger partial charge < -0.3 is 0 Å². The number of hydrogen-bond donors (Lipinski definition) is 0. The molecule has 3 nitrogen and oxygen atoms in total. The first kappa shape index (κ1) is 8.56. The van der Waals surface area contributed by atoms with Gasteiger partial charge in [-0.15, -0.1) is 5.10 Å². The maximum Gasteiger partial charge on any atom is 0.209 e. The van der Waals surface area contributed by atoms with Crippen LogP contribution in [0.2, 0.25) is 0 Å². The molecule has 68 valence electrons. The van der Waals surface area contributed by atoms with E-state index in [1.54, 1.807) is 5.38 Å². The molecule has 1 aromatic rings. The van der Waals surface area contributed by atoms with Gasteiger partial charge >= 0.3 is 0 Å². The van der Waals surface area contributed by atoms with E-state index in [1.807, 2.05) is 6.08 Å². The van der Waals surface area contributed by atoms with E-state index >= 15 is 0 Å². The van der Waals surface area contributed by atoms with Gasteiger partial charge in [-0.2, -0.15) is 0 Å². The summed E-state index contributed by atoms with van der Waals surface area (Å²) in [5.74, 6) is 0.0634. The number of hydrogen-bond acceptors (Lipinski definition) is 4.